The summed E-state index contributed by atoms with van der Waals surface area (Å²) in [5.41, 5.74) is -0.311. The van der Waals surface area contributed by atoms with Crippen LogP contribution in [-0.2, 0) is 0 Å². The maximum Gasteiger partial charge on any atom is 0.106 e. The predicted octanol–water partition coefficient (Wildman–Crippen LogP) is 2.32. The van der Waals surface area contributed by atoms with Gasteiger partial charge in [-0.2, -0.15) is 5.26 Å². The van der Waals surface area contributed by atoms with Crippen LogP contribution in [-0.4, -0.2) is 61.2 Å². The van der Waals surface area contributed by atoms with Crippen molar-refractivity contribution in [1.29, 1.82) is 5.26 Å². The van der Waals surface area contributed by atoms with Crippen molar-refractivity contribution in [2.24, 2.45) is 5.92 Å². The third-order valence-electron chi connectivity index (χ3n) is 4.50. The van der Waals surface area contributed by atoms with Gasteiger partial charge in [0.2, 0.25) is 0 Å². The number of piperazine rings is 1. The van der Waals surface area contributed by atoms with E-state index in [0.29, 0.717) is 0 Å². The normalized spacial score (nSPS) is 20.4. The summed E-state index contributed by atoms with van der Waals surface area (Å²) in [6.07, 6.45) is 2.96. The van der Waals surface area contributed by atoms with E-state index >= 15 is 0 Å². The first-order valence-electron chi connectivity index (χ1n) is 8.66. The van der Waals surface area contributed by atoms with Crippen LogP contribution in [0.3, 0.4) is 0 Å². The minimum absolute atomic E-state index is 0.311. The first-order chi connectivity index (χ1) is 10.0. The standard InChI is InChI=1S/C17H34N4/c1-5-17(15-18,19-6-2)8-7-9-20-10-12-21(13-11-20)14-16(3)4/h16,19H,5-14H2,1-4H3. The Hall–Kier alpha value is -0.630. The molecular formula is C17H34N4. The molecule has 1 saturated heterocycles. The van der Waals surface area contributed by atoms with Crippen LogP contribution in [0.4, 0.5) is 0 Å². The highest BCUT2D eigenvalue weighted by Gasteiger charge is 2.26. The highest BCUT2D eigenvalue weighted by Crippen LogP contribution is 2.17. The van der Waals surface area contributed by atoms with Crippen molar-refractivity contribution in [2.75, 3.05) is 45.8 Å². The highest BCUT2D eigenvalue weighted by atomic mass is 15.3. The summed E-state index contributed by atoms with van der Waals surface area (Å²) >= 11 is 0. The maximum atomic E-state index is 9.43. The van der Waals surface area contributed by atoms with Crippen molar-refractivity contribution >= 4 is 0 Å². The number of hydrogen-bond acceptors (Lipinski definition) is 4. The topological polar surface area (TPSA) is 42.3 Å². The summed E-state index contributed by atoms with van der Waals surface area (Å²) < 4.78 is 0. The van der Waals surface area contributed by atoms with E-state index in [9.17, 15) is 5.26 Å². The molecule has 4 heteroatoms. The molecule has 0 amide bonds. The van der Waals surface area contributed by atoms with Crippen LogP contribution < -0.4 is 5.32 Å². The smallest absolute Gasteiger partial charge is 0.106 e. The van der Waals surface area contributed by atoms with Crippen LogP contribution in [0.1, 0.15) is 47.0 Å². The Balaban J connectivity index is 2.26. The van der Waals surface area contributed by atoms with Crippen molar-refractivity contribution in [3.8, 4) is 6.07 Å². The van der Waals surface area contributed by atoms with Gasteiger partial charge in [0, 0.05) is 32.7 Å². The van der Waals surface area contributed by atoms with Gasteiger partial charge in [-0.05, 0) is 38.3 Å². The van der Waals surface area contributed by atoms with Crippen LogP contribution in [0.2, 0.25) is 0 Å². The van der Waals surface area contributed by atoms with Crippen LogP contribution in [0.25, 0.3) is 0 Å². The fourth-order valence-electron chi connectivity index (χ4n) is 3.22. The minimum Gasteiger partial charge on any atom is -0.301 e. The van der Waals surface area contributed by atoms with Crippen LogP contribution in [0.15, 0.2) is 0 Å². The monoisotopic (exact) mass is 294 g/mol. The average Bonchev–Trinajstić information content (AvgIpc) is 2.47. The number of rotatable bonds is 9. The molecule has 0 aromatic carbocycles. The zero-order valence-electron chi connectivity index (χ0n) is 14.5. The quantitative estimate of drug-likeness (QED) is 0.709. The zero-order chi connectivity index (χ0) is 15.7. The van der Waals surface area contributed by atoms with Gasteiger partial charge in [-0.1, -0.05) is 27.7 Å². The highest BCUT2D eigenvalue weighted by molar-refractivity contribution is 5.06. The molecule has 0 aliphatic carbocycles. The van der Waals surface area contributed by atoms with Gasteiger partial charge in [0.05, 0.1) is 6.07 Å². The molecule has 122 valence electrons. The van der Waals surface area contributed by atoms with E-state index < -0.39 is 0 Å². The van der Waals surface area contributed by atoms with E-state index in [0.717, 1.165) is 38.3 Å². The van der Waals surface area contributed by atoms with E-state index in [1.54, 1.807) is 0 Å². The molecule has 1 fully saturated rings. The van der Waals surface area contributed by atoms with Gasteiger partial charge in [-0.3, -0.25) is 5.32 Å². The van der Waals surface area contributed by atoms with Gasteiger partial charge in [0.25, 0.3) is 0 Å². The number of nitrogens with one attached hydrogen (secondary N) is 1. The van der Waals surface area contributed by atoms with Gasteiger partial charge in [0.15, 0.2) is 0 Å². The summed E-state index contributed by atoms with van der Waals surface area (Å²) in [5.74, 6) is 0.762. The second-order valence-corrected chi connectivity index (χ2v) is 6.72. The Kier molecular flexibility index (Phi) is 8.24. The Morgan fingerprint density at radius 2 is 1.76 bits per heavy atom. The van der Waals surface area contributed by atoms with E-state index in [1.807, 2.05) is 0 Å². The fraction of sp³-hybridized carbons (Fsp3) is 0.941. The molecule has 1 atom stereocenters. The van der Waals surface area contributed by atoms with Gasteiger partial charge < -0.3 is 9.80 Å². The van der Waals surface area contributed by atoms with Crippen molar-refractivity contribution in [3.63, 3.8) is 0 Å². The number of hydrogen-bond donors (Lipinski definition) is 1. The lowest BCUT2D eigenvalue weighted by Crippen LogP contribution is -2.48. The summed E-state index contributed by atoms with van der Waals surface area (Å²) in [6, 6.07) is 2.49. The van der Waals surface area contributed by atoms with Crippen molar-refractivity contribution in [3.05, 3.63) is 0 Å². The lowest BCUT2D eigenvalue weighted by atomic mass is 9.92. The molecule has 1 N–H and O–H groups in total. The maximum absolute atomic E-state index is 9.43. The van der Waals surface area contributed by atoms with Gasteiger partial charge >= 0.3 is 0 Å². The van der Waals surface area contributed by atoms with E-state index in [-0.39, 0.29) is 5.54 Å². The molecule has 0 bridgehead atoms. The second kappa shape index (κ2) is 9.40. The van der Waals surface area contributed by atoms with Crippen molar-refractivity contribution in [2.45, 2.75) is 52.5 Å². The molecule has 1 aliphatic heterocycles. The molecule has 4 nitrogen and oxygen atoms in total. The molecule has 0 aromatic rings. The number of nitrogens with zero attached hydrogens (tertiary/aromatic N) is 3. The van der Waals surface area contributed by atoms with Crippen LogP contribution in [0.5, 0.6) is 0 Å². The summed E-state index contributed by atoms with van der Waals surface area (Å²) in [7, 11) is 0. The molecule has 0 radical (unpaired) electrons. The van der Waals surface area contributed by atoms with Gasteiger partial charge in [0.1, 0.15) is 5.54 Å². The first kappa shape index (κ1) is 18.4. The SMILES string of the molecule is CCNC(C#N)(CC)CCCN1CCN(CC(C)C)CC1. The summed E-state index contributed by atoms with van der Waals surface area (Å²) in [6.45, 7) is 16.7. The molecule has 1 heterocycles. The Morgan fingerprint density at radius 1 is 1.14 bits per heavy atom. The Bertz CT molecular complexity index is 315. The van der Waals surface area contributed by atoms with Gasteiger partial charge in [-0.25, -0.2) is 0 Å². The van der Waals surface area contributed by atoms with E-state index in [4.69, 9.17) is 0 Å². The lowest BCUT2D eigenvalue weighted by molar-refractivity contribution is 0.119. The third kappa shape index (κ3) is 6.34. The zero-order valence-corrected chi connectivity index (χ0v) is 14.5. The number of nitriles is 1. The summed E-state index contributed by atoms with van der Waals surface area (Å²) in [5, 5.41) is 12.8. The van der Waals surface area contributed by atoms with E-state index in [2.05, 4.69) is 48.9 Å². The van der Waals surface area contributed by atoms with Crippen LogP contribution in [0, 0.1) is 17.2 Å². The molecule has 1 aliphatic rings. The van der Waals surface area contributed by atoms with Gasteiger partial charge in [-0.15, -0.1) is 0 Å². The minimum atomic E-state index is -0.311. The Morgan fingerprint density at radius 3 is 2.24 bits per heavy atom. The Labute approximate surface area is 131 Å². The molecule has 1 rings (SSSR count). The third-order valence-corrected chi connectivity index (χ3v) is 4.50. The molecule has 0 aromatic heterocycles. The van der Waals surface area contributed by atoms with E-state index in [1.165, 1.54) is 32.7 Å². The predicted molar refractivity (Wildman–Crippen MR) is 89.3 cm³/mol. The van der Waals surface area contributed by atoms with Crippen molar-refractivity contribution < 1.29 is 0 Å². The summed E-state index contributed by atoms with van der Waals surface area (Å²) in [4.78, 5) is 5.13. The average molecular weight is 294 g/mol. The van der Waals surface area contributed by atoms with Crippen molar-refractivity contribution in [1.82, 2.24) is 15.1 Å². The largest absolute Gasteiger partial charge is 0.301 e. The fourth-order valence-corrected chi connectivity index (χ4v) is 3.22. The molecule has 1 unspecified atom stereocenters. The lowest BCUT2D eigenvalue weighted by Gasteiger charge is -2.36. The molecule has 0 saturated carbocycles. The van der Waals surface area contributed by atoms with Crippen LogP contribution >= 0.6 is 0 Å². The molecular weight excluding hydrogens is 260 g/mol. The molecule has 0 spiro atoms. The first-order valence-corrected chi connectivity index (χ1v) is 8.66. The second-order valence-electron chi connectivity index (χ2n) is 6.72. The molecule has 21 heavy (non-hydrogen) atoms.